The summed E-state index contributed by atoms with van der Waals surface area (Å²) >= 11 is 0. The lowest BCUT2D eigenvalue weighted by Crippen LogP contribution is -2.26. The molecule has 212 valence electrons. The number of carbonyl (C=O) groups excluding carboxylic acids is 1. The first-order valence-corrected chi connectivity index (χ1v) is 17.2. The average molecular weight is 562 g/mol. The molecule has 0 radical (unpaired) electrons. The van der Waals surface area contributed by atoms with E-state index in [1.807, 2.05) is 56.5 Å². The van der Waals surface area contributed by atoms with Crippen LogP contribution in [0.25, 0.3) is 21.8 Å². The Labute approximate surface area is 236 Å². The van der Waals surface area contributed by atoms with Gasteiger partial charge in [0, 0.05) is 37.2 Å². The Morgan fingerprint density at radius 2 is 1.88 bits per heavy atom. The van der Waals surface area contributed by atoms with Gasteiger partial charge in [0.15, 0.2) is 0 Å². The molecule has 1 N–H and O–H groups in total. The molecule has 4 rings (SSSR count). The van der Waals surface area contributed by atoms with Gasteiger partial charge >= 0.3 is 6.09 Å². The van der Waals surface area contributed by atoms with Crippen LogP contribution in [0.15, 0.2) is 42.6 Å². The van der Waals surface area contributed by atoms with Gasteiger partial charge in [-0.05, 0) is 69.6 Å². The molecule has 0 fully saturated rings. The predicted octanol–water partition coefficient (Wildman–Crippen LogP) is 6.96. The molecule has 0 aliphatic rings. The smallest absolute Gasteiger partial charge is 0.419 e. The zero-order chi connectivity index (χ0) is 29.4. The van der Waals surface area contributed by atoms with E-state index in [2.05, 4.69) is 25.7 Å². The first kappa shape index (κ1) is 29.4. The van der Waals surface area contributed by atoms with Gasteiger partial charge < -0.3 is 23.9 Å². The number of hydrogen-bond acceptors (Lipinski definition) is 6. The molecule has 0 bridgehead atoms. The number of aryl methyl sites for hydroxylation is 1. The highest BCUT2D eigenvalue weighted by molar-refractivity contribution is 6.76. The van der Waals surface area contributed by atoms with Crippen LogP contribution in [0.5, 0.6) is 5.75 Å². The number of nitriles is 1. The van der Waals surface area contributed by atoms with Gasteiger partial charge in [0.2, 0.25) is 0 Å². The average Bonchev–Trinajstić information content (AvgIpc) is 3.46. The van der Waals surface area contributed by atoms with Crippen molar-refractivity contribution in [2.24, 2.45) is 0 Å². The fraction of sp³-hybridized carbons (Fsp3) is 0.419. The SMILES string of the molecule is COc1cc(C)c2c(ccn2C(=O)OC(C)(C)C)c1C(O)c1cc2ccc(C#N)cc2n1COCC[Si](C)(C)C. The van der Waals surface area contributed by atoms with Gasteiger partial charge in [0.1, 0.15) is 24.2 Å². The molecule has 0 saturated carbocycles. The molecule has 8 nitrogen and oxygen atoms in total. The molecule has 4 aromatic rings. The molecule has 40 heavy (non-hydrogen) atoms. The molecule has 9 heteroatoms. The van der Waals surface area contributed by atoms with Crippen molar-refractivity contribution in [2.45, 2.75) is 71.8 Å². The molecule has 2 aromatic heterocycles. The fourth-order valence-corrected chi connectivity index (χ4v) is 5.60. The maximum atomic E-state index is 13.0. The van der Waals surface area contributed by atoms with Crippen LogP contribution in [0.4, 0.5) is 4.79 Å². The number of nitrogens with zero attached hydrogens (tertiary/aromatic N) is 3. The third-order valence-electron chi connectivity index (χ3n) is 6.81. The number of benzene rings is 2. The van der Waals surface area contributed by atoms with Crippen molar-refractivity contribution in [3.05, 3.63) is 65.0 Å². The second kappa shape index (κ2) is 11.1. The van der Waals surface area contributed by atoms with Crippen molar-refractivity contribution in [1.82, 2.24) is 9.13 Å². The molecule has 0 aliphatic heterocycles. The van der Waals surface area contributed by atoms with E-state index < -0.39 is 25.9 Å². The van der Waals surface area contributed by atoms with Gasteiger partial charge in [0.05, 0.1) is 35.5 Å². The minimum atomic E-state index is -1.29. The van der Waals surface area contributed by atoms with Crippen molar-refractivity contribution < 1.29 is 24.1 Å². The van der Waals surface area contributed by atoms with Crippen molar-refractivity contribution >= 4 is 36.0 Å². The Bertz CT molecular complexity index is 1600. The normalized spacial score (nSPS) is 13.0. The Balaban J connectivity index is 1.85. The first-order valence-electron chi connectivity index (χ1n) is 13.4. The highest BCUT2D eigenvalue weighted by Crippen LogP contribution is 2.40. The number of rotatable bonds is 8. The number of aliphatic hydroxyl groups excluding tert-OH is 1. The van der Waals surface area contributed by atoms with E-state index in [1.165, 1.54) is 4.57 Å². The summed E-state index contributed by atoms with van der Waals surface area (Å²) in [4.78, 5) is 13.0. The van der Waals surface area contributed by atoms with E-state index in [0.717, 1.165) is 22.5 Å². The molecular formula is C31H39N3O5Si. The van der Waals surface area contributed by atoms with Crippen LogP contribution in [0.2, 0.25) is 25.7 Å². The molecule has 1 unspecified atom stereocenters. The predicted molar refractivity (Wildman–Crippen MR) is 160 cm³/mol. The van der Waals surface area contributed by atoms with E-state index in [9.17, 15) is 15.2 Å². The van der Waals surface area contributed by atoms with Gasteiger partial charge in [-0.2, -0.15) is 5.26 Å². The van der Waals surface area contributed by atoms with Gasteiger partial charge in [-0.15, -0.1) is 0 Å². The summed E-state index contributed by atoms with van der Waals surface area (Å²) in [7, 11) is 0.276. The maximum Gasteiger partial charge on any atom is 0.419 e. The van der Waals surface area contributed by atoms with E-state index in [1.54, 1.807) is 25.4 Å². The topological polar surface area (TPSA) is 98.6 Å². The number of fused-ring (bicyclic) bond motifs is 2. The maximum absolute atomic E-state index is 13.0. The zero-order valence-corrected chi connectivity index (χ0v) is 25.7. The summed E-state index contributed by atoms with van der Waals surface area (Å²) in [5.41, 5.74) is 3.27. The standard InChI is InChI=1S/C31H39N3O5Si/c1-20-15-26(37-5)27(23-11-12-33(28(20)23)30(36)39-31(2,3)4)29(35)25-17-22-10-9-21(18-32)16-24(22)34(25)19-38-13-14-40(6,7)8/h9-12,15-17,29,35H,13-14,19H2,1-8H3. The summed E-state index contributed by atoms with van der Waals surface area (Å²) in [6.07, 6.45) is 0.0616. The van der Waals surface area contributed by atoms with Crippen molar-refractivity contribution in [3.63, 3.8) is 0 Å². The lowest BCUT2D eigenvalue weighted by molar-refractivity contribution is 0.0544. The van der Waals surface area contributed by atoms with E-state index in [-0.39, 0.29) is 6.73 Å². The number of aromatic nitrogens is 2. The monoisotopic (exact) mass is 561 g/mol. The van der Waals surface area contributed by atoms with Crippen LogP contribution in [0, 0.1) is 18.3 Å². The lowest BCUT2D eigenvalue weighted by Gasteiger charge is -2.22. The largest absolute Gasteiger partial charge is 0.496 e. The summed E-state index contributed by atoms with van der Waals surface area (Å²) in [6.45, 7) is 15.1. The summed E-state index contributed by atoms with van der Waals surface area (Å²) < 4.78 is 20.9. The van der Waals surface area contributed by atoms with Crippen LogP contribution < -0.4 is 4.74 Å². The molecular weight excluding hydrogens is 522 g/mol. The number of ether oxygens (including phenoxy) is 3. The molecule has 0 aliphatic carbocycles. The third-order valence-corrected chi connectivity index (χ3v) is 8.51. The summed E-state index contributed by atoms with van der Waals surface area (Å²) in [5.74, 6) is 0.508. The zero-order valence-electron chi connectivity index (χ0n) is 24.7. The summed E-state index contributed by atoms with van der Waals surface area (Å²) in [5, 5.41) is 23.1. The van der Waals surface area contributed by atoms with Crippen LogP contribution in [-0.4, -0.2) is 47.7 Å². The van der Waals surface area contributed by atoms with E-state index >= 15 is 0 Å². The van der Waals surface area contributed by atoms with Crippen LogP contribution >= 0.6 is 0 Å². The minimum absolute atomic E-state index is 0.228. The van der Waals surface area contributed by atoms with Crippen molar-refractivity contribution in [2.75, 3.05) is 13.7 Å². The van der Waals surface area contributed by atoms with Crippen molar-refractivity contribution in [3.8, 4) is 11.8 Å². The van der Waals surface area contributed by atoms with E-state index in [0.29, 0.717) is 40.1 Å². The molecule has 0 amide bonds. The highest BCUT2D eigenvalue weighted by atomic mass is 28.3. The third kappa shape index (κ3) is 6.09. The minimum Gasteiger partial charge on any atom is -0.496 e. The Hall–Kier alpha value is -3.58. The molecule has 2 heterocycles. The number of hydrogen-bond donors (Lipinski definition) is 1. The Kier molecular flexibility index (Phi) is 8.17. The van der Waals surface area contributed by atoms with Gasteiger partial charge in [-0.3, -0.25) is 4.57 Å². The Morgan fingerprint density at radius 1 is 1.15 bits per heavy atom. The van der Waals surface area contributed by atoms with Crippen LogP contribution in [0.1, 0.15) is 49.3 Å². The Morgan fingerprint density at radius 3 is 2.50 bits per heavy atom. The second-order valence-corrected chi connectivity index (χ2v) is 18.0. The van der Waals surface area contributed by atoms with Crippen LogP contribution in [0.3, 0.4) is 0 Å². The van der Waals surface area contributed by atoms with Gasteiger partial charge in [-0.1, -0.05) is 25.7 Å². The second-order valence-electron chi connectivity index (χ2n) is 12.4. The number of carbonyl (C=O) groups is 1. The quantitative estimate of drug-likeness (QED) is 0.184. The van der Waals surface area contributed by atoms with Gasteiger partial charge in [0.25, 0.3) is 0 Å². The number of methoxy groups -OCH3 is 1. The van der Waals surface area contributed by atoms with Gasteiger partial charge in [-0.25, -0.2) is 4.79 Å². The molecule has 0 saturated heterocycles. The van der Waals surface area contributed by atoms with Crippen molar-refractivity contribution in [1.29, 1.82) is 5.26 Å². The molecule has 2 aromatic carbocycles. The van der Waals surface area contributed by atoms with Crippen LogP contribution in [-0.2, 0) is 16.2 Å². The lowest BCUT2D eigenvalue weighted by atomic mass is 9.98. The summed E-state index contributed by atoms with van der Waals surface area (Å²) in [6, 6.07) is 14.2. The fourth-order valence-electron chi connectivity index (χ4n) is 4.84. The number of aliphatic hydroxyl groups is 1. The highest BCUT2D eigenvalue weighted by Gasteiger charge is 2.28. The first-order chi connectivity index (χ1) is 18.7. The molecule has 0 spiro atoms. The van der Waals surface area contributed by atoms with E-state index in [4.69, 9.17) is 14.2 Å². The molecule has 1 atom stereocenters.